The summed E-state index contributed by atoms with van der Waals surface area (Å²) in [5.41, 5.74) is -1.07. The topological polar surface area (TPSA) is 84.9 Å². The molecule has 0 radical (unpaired) electrons. The van der Waals surface area contributed by atoms with Crippen molar-refractivity contribution in [1.29, 1.82) is 0 Å². The first kappa shape index (κ1) is 26.3. The van der Waals surface area contributed by atoms with E-state index in [1.54, 1.807) is 0 Å². The van der Waals surface area contributed by atoms with Gasteiger partial charge in [-0.25, -0.2) is 4.39 Å². The number of ether oxygens (including phenoxy) is 2. The molecule has 1 amide bonds. The Morgan fingerprint density at radius 3 is 2.34 bits per heavy atom. The van der Waals surface area contributed by atoms with E-state index in [1.807, 2.05) is 0 Å². The summed E-state index contributed by atoms with van der Waals surface area (Å²) in [6, 6.07) is 6.68. The molecule has 0 heterocycles. The van der Waals surface area contributed by atoms with Crippen LogP contribution in [0.4, 0.5) is 17.6 Å². The summed E-state index contributed by atoms with van der Waals surface area (Å²) in [7, 11) is 1.36. The number of amides is 1. The minimum absolute atomic E-state index is 0.0707. The zero-order valence-corrected chi connectivity index (χ0v) is 19.3. The summed E-state index contributed by atoms with van der Waals surface area (Å²) in [4.78, 5) is 23.6. The summed E-state index contributed by atoms with van der Waals surface area (Å²) in [5.74, 6) is -2.64. The number of nitrogens with one attached hydrogen (secondary N) is 1. The molecular formula is C25H27F4NO5. The van der Waals surface area contributed by atoms with Gasteiger partial charge in [0.05, 0.1) is 18.6 Å². The van der Waals surface area contributed by atoms with Gasteiger partial charge < -0.3 is 19.9 Å². The van der Waals surface area contributed by atoms with Crippen molar-refractivity contribution >= 4 is 11.9 Å². The molecule has 0 spiro atoms. The molecule has 0 saturated heterocycles. The van der Waals surface area contributed by atoms with E-state index in [4.69, 9.17) is 14.6 Å². The van der Waals surface area contributed by atoms with Gasteiger partial charge >= 0.3 is 12.1 Å². The van der Waals surface area contributed by atoms with Crippen LogP contribution >= 0.6 is 0 Å². The van der Waals surface area contributed by atoms with E-state index < -0.39 is 47.2 Å². The van der Waals surface area contributed by atoms with Gasteiger partial charge in [-0.05, 0) is 74.9 Å². The maximum absolute atomic E-state index is 13.8. The van der Waals surface area contributed by atoms with Crippen LogP contribution in [0.5, 0.6) is 11.5 Å². The lowest BCUT2D eigenvalue weighted by Crippen LogP contribution is -2.32. The summed E-state index contributed by atoms with van der Waals surface area (Å²) in [5, 5.41) is 11.7. The molecule has 35 heavy (non-hydrogen) atoms. The molecule has 1 atom stereocenters. The number of benzene rings is 2. The Morgan fingerprint density at radius 1 is 1.09 bits per heavy atom. The van der Waals surface area contributed by atoms with E-state index in [0.29, 0.717) is 25.7 Å². The van der Waals surface area contributed by atoms with Crippen molar-refractivity contribution in [2.45, 2.75) is 44.9 Å². The second-order valence-electron chi connectivity index (χ2n) is 8.62. The van der Waals surface area contributed by atoms with Crippen LogP contribution < -0.4 is 14.8 Å². The first-order valence-corrected chi connectivity index (χ1v) is 11.2. The molecule has 2 aromatic carbocycles. The van der Waals surface area contributed by atoms with E-state index in [0.717, 1.165) is 18.2 Å². The zero-order chi connectivity index (χ0) is 25.8. The van der Waals surface area contributed by atoms with Crippen LogP contribution in [0.1, 0.15) is 60.2 Å². The summed E-state index contributed by atoms with van der Waals surface area (Å²) in [6.07, 6.45) is -3.50. The monoisotopic (exact) mass is 497 g/mol. The highest BCUT2D eigenvalue weighted by molar-refractivity contribution is 5.94. The Morgan fingerprint density at radius 2 is 1.74 bits per heavy atom. The van der Waals surface area contributed by atoms with Gasteiger partial charge in [0.1, 0.15) is 23.4 Å². The van der Waals surface area contributed by atoms with Gasteiger partial charge in [-0.3, -0.25) is 9.59 Å². The SMILES string of the molecule is COc1ccc(F)cc1[C@H](C)Oc1ccc(C(=O)NC[C@H]2CC[C@H](C(=O)O)CC2)cc1C(F)(F)F. The van der Waals surface area contributed by atoms with Crippen LogP contribution in [0, 0.1) is 17.7 Å². The lowest BCUT2D eigenvalue weighted by molar-refractivity contribution is -0.143. The summed E-state index contributed by atoms with van der Waals surface area (Å²) < 4.78 is 65.7. The molecule has 1 aliphatic rings. The minimum Gasteiger partial charge on any atom is -0.496 e. The minimum atomic E-state index is -4.80. The third-order valence-corrected chi connectivity index (χ3v) is 6.23. The molecule has 10 heteroatoms. The highest BCUT2D eigenvalue weighted by Crippen LogP contribution is 2.39. The number of aliphatic carboxylic acids is 1. The van der Waals surface area contributed by atoms with Crippen LogP contribution in [0.2, 0.25) is 0 Å². The lowest BCUT2D eigenvalue weighted by Gasteiger charge is -2.26. The Balaban J connectivity index is 1.72. The standard InChI is InChI=1S/C25H27F4NO5/c1-14(19-12-18(26)8-10-21(19)34-2)35-22-9-7-17(11-20(22)25(27,28)29)23(31)30-13-15-3-5-16(6-4-15)24(32)33/h7-12,14-16H,3-6,13H2,1-2H3,(H,30,31)(H,32,33)/t14-,15-,16-/m0/s1. The van der Waals surface area contributed by atoms with Gasteiger partial charge in [0, 0.05) is 17.7 Å². The number of methoxy groups -OCH3 is 1. The second-order valence-corrected chi connectivity index (χ2v) is 8.62. The van der Waals surface area contributed by atoms with Crippen LogP contribution in [-0.4, -0.2) is 30.6 Å². The molecule has 0 bridgehead atoms. The van der Waals surface area contributed by atoms with E-state index in [-0.39, 0.29) is 29.3 Å². The average molecular weight is 497 g/mol. The van der Waals surface area contributed by atoms with Gasteiger partial charge in [0.15, 0.2) is 0 Å². The molecule has 190 valence electrons. The smallest absolute Gasteiger partial charge is 0.419 e. The van der Waals surface area contributed by atoms with Crippen molar-refractivity contribution < 1.29 is 41.7 Å². The molecule has 0 unspecified atom stereocenters. The number of rotatable bonds is 8. The van der Waals surface area contributed by atoms with Crippen molar-refractivity contribution in [2.24, 2.45) is 11.8 Å². The van der Waals surface area contributed by atoms with Crippen LogP contribution in [0.15, 0.2) is 36.4 Å². The van der Waals surface area contributed by atoms with Gasteiger partial charge in [-0.1, -0.05) is 0 Å². The maximum atomic E-state index is 13.8. The zero-order valence-electron chi connectivity index (χ0n) is 19.3. The van der Waals surface area contributed by atoms with E-state index in [9.17, 15) is 27.2 Å². The number of carbonyl (C=O) groups excluding carboxylic acids is 1. The molecule has 3 rings (SSSR count). The predicted octanol–water partition coefficient (Wildman–Crippen LogP) is 5.61. The summed E-state index contributed by atoms with van der Waals surface area (Å²) >= 11 is 0. The van der Waals surface area contributed by atoms with E-state index in [2.05, 4.69) is 5.32 Å². The highest BCUT2D eigenvalue weighted by Gasteiger charge is 2.36. The normalized spacial score (nSPS) is 19.0. The molecule has 1 fully saturated rings. The molecule has 2 aromatic rings. The third kappa shape index (κ3) is 6.64. The molecule has 1 aliphatic carbocycles. The second kappa shape index (κ2) is 11.0. The number of halogens is 4. The van der Waals surface area contributed by atoms with Crippen molar-refractivity contribution in [3.63, 3.8) is 0 Å². The molecule has 0 aliphatic heterocycles. The first-order valence-electron chi connectivity index (χ1n) is 11.2. The largest absolute Gasteiger partial charge is 0.496 e. The van der Waals surface area contributed by atoms with Gasteiger partial charge in [0.2, 0.25) is 0 Å². The lowest BCUT2D eigenvalue weighted by atomic mass is 9.82. The first-order chi connectivity index (χ1) is 16.5. The number of carboxylic acid groups (broad SMARTS) is 1. The predicted molar refractivity (Wildman–Crippen MR) is 119 cm³/mol. The van der Waals surface area contributed by atoms with E-state index >= 15 is 0 Å². The van der Waals surface area contributed by atoms with Crippen LogP contribution in [-0.2, 0) is 11.0 Å². The van der Waals surface area contributed by atoms with Crippen molar-refractivity contribution in [1.82, 2.24) is 5.32 Å². The molecule has 2 N–H and O–H groups in total. The fourth-order valence-corrected chi connectivity index (χ4v) is 4.22. The molecular weight excluding hydrogens is 470 g/mol. The molecule has 1 saturated carbocycles. The Hall–Kier alpha value is -3.30. The van der Waals surface area contributed by atoms with Gasteiger partial charge in [-0.15, -0.1) is 0 Å². The van der Waals surface area contributed by atoms with Gasteiger partial charge in [-0.2, -0.15) is 13.2 Å². The number of hydrogen-bond donors (Lipinski definition) is 2. The number of carbonyl (C=O) groups is 2. The quantitative estimate of drug-likeness (QED) is 0.463. The fourth-order valence-electron chi connectivity index (χ4n) is 4.22. The Labute approximate surface area is 200 Å². The van der Waals surface area contributed by atoms with Crippen LogP contribution in [0.25, 0.3) is 0 Å². The van der Waals surface area contributed by atoms with E-state index in [1.165, 1.54) is 32.2 Å². The average Bonchev–Trinajstić information content (AvgIpc) is 2.82. The Kier molecular flexibility index (Phi) is 8.24. The van der Waals surface area contributed by atoms with Crippen molar-refractivity contribution in [2.75, 3.05) is 13.7 Å². The van der Waals surface area contributed by atoms with Crippen LogP contribution in [0.3, 0.4) is 0 Å². The number of carboxylic acids is 1. The van der Waals surface area contributed by atoms with Crippen molar-refractivity contribution in [3.8, 4) is 11.5 Å². The highest BCUT2D eigenvalue weighted by atomic mass is 19.4. The fraction of sp³-hybridized carbons (Fsp3) is 0.440. The number of alkyl halides is 3. The van der Waals surface area contributed by atoms with Crippen molar-refractivity contribution in [3.05, 3.63) is 58.9 Å². The Bertz CT molecular complexity index is 1060. The molecule has 0 aromatic heterocycles. The maximum Gasteiger partial charge on any atom is 0.419 e. The number of hydrogen-bond acceptors (Lipinski definition) is 4. The van der Waals surface area contributed by atoms with Gasteiger partial charge in [0.25, 0.3) is 5.91 Å². The molecule has 6 nitrogen and oxygen atoms in total. The summed E-state index contributed by atoms with van der Waals surface area (Å²) in [6.45, 7) is 1.72. The third-order valence-electron chi connectivity index (χ3n) is 6.23.